The fourth-order valence-corrected chi connectivity index (χ4v) is 2.96. The molecule has 0 aliphatic rings. The van der Waals surface area contributed by atoms with Gasteiger partial charge in [0.15, 0.2) is 0 Å². The summed E-state index contributed by atoms with van der Waals surface area (Å²) in [5.41, 5.74) is 5.59. The van der Waals surface area contributed by atoms with Gasteiger partial charge in [-0.25, -0.2) is 4.68 Å². The summed E-state index contributed by atoms with van der Waals surface area (Å²) >= 11 is 0. The molecular formula is C19H20N4O2. The van der Waals surface area contributed by atoms with E-state index in [9.17, 15) is 10.1 Å². The number of hydrogen-bond donors (Lipinski definition) is 1. The summed E-state index contributed by atoms with van der Waals surface area (Å²) in [6.45, 7) is 6.25. The molecule has 3 rings (SSSR count). The molecule has 1 aromatic heterocycles. The molecule has 0 aliphatic carbocycles. The average Bonchev–Trinajstić information content (AvgIpc) is 2.89. The van der Waals surface area contributed by atoms with Crippen LogP contribution in [-0.2, 0) is 6.54 Å². The van der Waals surface area contributed by atoms with Crippen LogP contribution in [0.25, 0.3) is 5.69 Å². The van der Waals surface area contributed by atoms with Crippen molar-refractivity contribution >= 4 is 11.4 Å². The van der Waals surface area contributed by atoms with Crippen molar-refractivity contribution in [3.05, 3.63) is 81.2 Å². The highest BCUT2D eigenvalue weighted by Gasteiger charge is 2.15. The second kappa shape index (κ2) is 6.76. The Morgan fingerprint density at radius 1 is 1.08 bits per heavy atom. The van der Waals surface area contributed by atoms with Gasteiger partial charge in [-0.1, -0.05) is 30.3 Å². The number of hydrogen-bond acceptors (Lipinski definition) is 4. The summed E-state index contributed by atoms with van der Waals surface area (Å²) in [5, 5.41) is 19.1. The molecule has 6 heteroatoms. The Kier molecular flexibility index (Phi) is 4.52. The van der Waals surface area contributed by atoms with Gasteiger partial charge in [0.05, 0.1) is 27.7 Å². The van der Waals surface area contributed by atoms with E-state index >= 15 is 0 Å². The average molecular weight is 336 g/mol. The standard InChI is InChI=1S/C19H20N4O2/c1-13-16(8-7-11-18(13)23(24)25)12-20-19-14(2)21-22(15(19)3)17-9-5-4-6-10-17/h4-11,20H,12H2,1-3H3. The lowest BCUT2D eigenvalue weighted by Crippen LogP contribution is -2.05. The van der Waals surface area contributed by atoms with Crippen molar-refractivity contribution < 1.29 is 4.92 Å². The van der Waals surface area contributed by atoms with Crippen molar-refractivity contribution in [2.24, 2.45) is 0 Å². The normalized spacial score (nSPS) is 10.7. The Labute approximate surface area is 146 Å². The van der Waals surface area contributed by atoms with Gasteiger partial charge in [-0.15, -0.1) is 0 Å². The highest BCUT2D eigenvalue weighted by Crippen LogP contribution is 2.25. The number of nitro groups is 1. The molecule has 0 fully saturated rings. The van der Waals surface area contributed by atoms with Crippen LogP contribution in [0.4, 0.5) is 11.4 Å². The third-order valence-electron chi connectivity index (χ3n) is 4.36. The Balaban J connectivity index is 1.87. The van der Waals surface area contributed by atoms with E-state index in [1.165, 1.54) is 6.07 Å². The quantitative estimate of drug-likeness (QED) is 0.556. The van der Waals surface area contributed by atoms with Crippen LogP contribution in [0, 0.1) is 30.9 Å². The van der Waals surface area contributed by atoms with E-state index in [-0.39, 0.29) is 10.6 Å². The molecule has 0 saturated heterocycles. The topological polar surface area (TPSA) is 73.0 Å². The number of benzene rings is 2. The Morgan fingerprint density at radius 3 is 2.48 bits per heavy atom. The number of nitrogens with one attached hydrogen (secondary N) is 1. The van der Waals surface area contributed by atoms with E-state index in [0.717, 1.165) is 28.3 Å². The minimum absolute atomic E-state index is 0.146. The third-order valence-corrected chi connectivity index (χ3v) is 4.36. The second-order valence-electron chi connectivity index (χ2n) is 5.97. The van der Waals surface area contributed by atoms with Gasteiger partial charge >= 0.3 is 0 Å². The summed E-state index contributed by atoms with van der Waals surface area (Å²) in [4.78, 5) is 10.7. The number of rotatable bonds is 5. The van der Waals surface area contributed by atoms with Crippen molar-refractivity contribution in [2.45, 2.75) is 27.3 Å². The maximum absolute atomic E-state index is 11.1. The molecule has 0 aliphatic heterocycles. The lowest BCUT2D eigenvalue weighted by molar-refractivity contribution is -0.385. The Morgan fingerprint density at radius 2 is 1.80 bits per heavy atom. The monoisotopic (exact) mass is 336 g/mol. The van der Waals surface area contributed by atoms with Gasteiger partial charge in [-0.2, -0.15) is 5.10 Å². The first-order chi connectivity index (χ1) is 12.0. The summed E-state index contributed by atoms with van der Waals surface area (Å²) < 4.78 is 1.90. The molecular weight excluding hydrogens is 316 g/mol. The number of nitrogens with zero attached hydrogens (tertiary/aromatic N) is 3. The zero-order chi connectivity index (χ0) is 18.0. The maximum atomic E-state index is 11.1. The summed E-state index contributed by atoms with van der Waals surface area (Å²) in [6, 6.07) is 15.1. The molecule has 6 nitrogen and oxygen atoms in total. The predicted molar refractivity (Wildman–Crippen MR) is 98.2 cm³/mol. The van der Waals surface area contributed by atoms with Crippen LogP contribution in [0.2, 0.25) is 0 Å². The van der Waals surface area contributed by atoms with Crippen molar-refractivity contribution in [3.8, 4) is 5.69 Å². The fraction of sp³-hybridized carbons (Fsp3) is 0.211. The molecule has 128 valence electrons. The molecule has 0 radical (unpaired) electrons. The molecule has 0 bridgehead atoms. The Bertz CT molecular complexity index is 917. The minimum atomic E-state index is -0.344. The van der Waals surface area contributed by atoms with Gasteiger partial charge in [0.1, 0.15) is 0 Å². The number of aromatic nitrogens is 2. The van der Waals surface area contributed by atoms with Crippen LogP contribution in [0.15, 0.2) is 48.5 Å². The third kappa shape index (κ3) is 3.24. The first kappa shape index (κ1) is 16.7. The van der Waals surface area contributed by atoms with Crippen molar-refractivity contribution in [2.75, 3.05) is 5.32 Å². The first-order valence-corrected chi connectivity index (χ1v) is 8.07. The second-order valence-corrected chi connectivity index (χ2v) is 5.97. The first-order valence-electron chi connectivity index (χ1n) is 8.07. The van der Waals surface area contributed by atoms with E-state index in [1.54, 1.807) is 13.0 Å². The molecule has 1 N–H and O–H groups in total. The lowest BCUT2D eigenvalue weighted by atomic mass is 10.1. The van der Waals surface area contributed by atoms with Crippen molar-refractivity contribution in [1.82, 2.24) is 9.78 Å². The molecule has 1 heterocycles. The number of anilines is 1. The van der Waals surface area contributed by atoms with E-state index in [4.69, 9.17) is 0 Å². The lowest BCUT2D eigenvalue weighted by Gasteiger charge is -2.10. The number of nitro benzene ring substituents is 1. The van der Waals surface area contributed by atoms with Gasteiger partial charge < -0.3 is 5.32 Å². The van der Waals surface area contributed by atoms with Crippen LogP contribution in [0.3, 0.4) is 0 Å². The van der Waals surface area contributed by atoms with Crippen LogP contribution in [0.1, 0.15) is 22.5 Å². The van der Waals surface area contributed by atoms with Gasteiger partial charge in [-0.3, -0.25) is 10.1 Å². The highest BCUT2D eigenvalue weighted by molar-refractivity contribution is 5.56. The zero-order valence-electron chi connectivity index (χ0n) is 14.5. The summed E-state index contributed by atoms with van der Waals surface area (Å²) in [7, 11) is 0. The largest absolute Gasteiger partial charge is 0.378 e. The summed E-state index contributed by atoms with van der Waals surface area (Å²) in [5.74, 6) is 0. The van der Waals surface area contributed by atoms with E-state index in [2.05, 4.69) is 10.4 Å². The molecule has 3 aromatic rings. The van der Waals surface area contributed by atoms with Crippen LogP contribution in [0.5, 0.6) is 0 Å². The molecule has 0 amide bonds. The van der Waals surface area contributed by atoms with E-state index < -0.39 is 0 Å². The number of aryl methyl sites for hydroxylation is 1. The summed E-state index contributed by atoms with van der Waals surface area (Å²) in [6.07, 6.45) is 0. The molecule has 25 heavy (non-hydrogen) atoms. The smallest absolute Gasteiger partial charge is 0.272 e. The van der Waals surface area contributed by atoms with Crippen molar-refractivity contribution in [3.63, 3.8) is 0 Å². The number of para-hydroxylation sites is 1. The zero-order valence-corrected chi connectivity index (χ0v) is 14.5. The van der Waals surface area contributed by atoms with Crippen LogP contribution in [-0.4, -0.2) is 14.7 Å². The van der Waals surface area contributed by atoms with Crippen LogP contribution >= 0.6 is 0 Å². The van der Waals surface area contributed by atoms with Gasteiger partial charge in [0, 0.05) is 18.2 Å². The molecule has 0 spiro atoms. The SMILES string of the molecule is Cc1nn(-c2ccccc2)c(C)c1NCc1cccc([N+](=O)[O-])c1C. The van der Waals surface area contributed by atoms with Gasteiger partial charge in [0.25, 0.3) is 5.69 Å². The molecule has 0 unspecified atom stereocenters. The Hall–Kier alpha value is -3.15. The minimum Gasteiger partial charge on any atom is -0.378 e. The van der Waals surface area contributed by atoms with Crippen molar-refractivity contribution in [1.29, 1.82) is 0 Å². The highest BCUT2D eigenvalue weighted by atomic mass is 16.6. The predicted octanol–water partition coefficient (Wildman–Crippen LogP) is 4.32. The van der Waals surface area contributed by atoms with E-state index in [0.29, 0.717) is 12.1 Å². The molecule has 2 aromatic carbocycles. The molecule has 0 saturated carbocycles. The fourth-order valence-electron chi connectivity index (χ4n) is 2.96. The maximum Gasteiger partial charge on any atom is 0.272 e. The van der Waals surface area contributed by atoms with E-state index in [1.807, 2.05) is 54.9 Å². The van der Waals surface area contributed by atoms with Gasteiger partial charge in [0.2, 0.25) is 0 Å². The molecule has 0 atom stereocenters. The van der Waals surface area contributed by atoms with Crippen LogP contribution < -0.4 is 5.32 Å². The van der Waals surface area contributed by atoms with Gasteiger partial charge in [-0.05, 0) is 38.5 Å².